The molecule has 5 heteroatoms. The Morgan fingerprint density at radius 2 is 1.81 bits per heavy atom. The van der Waals surface area contributed by atoms with Crippen LogP contribution in [0.5, 0.6) is 0 Å². The second-order valence-corrected chi connectivity index (χ2v) is 4.69. The fourth-order valence-electron chi connectivity index (χ4n) is 1.51. The van der Waals surface area contributed by atoms with Gasteiger partial charge in [-0.2, -0.15) is 0 Å². The van der Waals surface area contributed by atoms with Gasteiger partial charge in [-0.1, -0.05) is 29.3 Å². The van der Waals surface area contributed by atoms with Crippen molar-refractivity contribution in [2.75, 3.05) is 13.6 Å². The van der Waals surface area contributed by atoms with E-state index >= 15 is 0 Å². The van der Waals surface area contributed by atoms with Crippen LogP contribution in [0.4, 0.5) is 0 Å². The molecular weight excluding hydrogens is 266 g/mol. The maximum atomic E-state index is 6.07. The molecule has 2 nitrogen and oxygen atoms in total. The first kappa shape index (κ1) is 16.0. The van der Waals surface area contributed by atoms with Crippen LogP contribution in [0.3, 0.4) is 0 Å². The fraction of sp³-hybridized carbons (Fsp3) is 0.455. The Morgan fingerprint density at radius 1 is 1.31 bits per heavy atom. The van der Waals surface area contributed by atoms with Gasteiger partial charge in [0, 0.05) is 34.7 Å². The quantitative estimate of drug-likeness (QED) is 0.919. The van der Waals surface area contributed by atoms with Crippen molar-refractivity contribution in [1.29, 1.82) is 0 Å². The highest BCUT2D eigenvalue weighted by molar-refractivity contribution is 6.35. The molecule has 92 valence electrons. The van der Waals surface area contributed by atoms with Crippen LogP contribution < -0.4 is 5.73 Å². The van der Waals surface area contributed by atoms with Crippen LogP contribution in [0.25, 0.3) is 0 Å². The van der Waals surface area contributed by atoms with Crippen molar-refractivity contribution in [3.8, 4) is 0 Å². The molecule has 0 heterocycles. The highest BCUT2D eigenvalue weighted by Gasteiger charge is 2.09. The number of nitrogens with two attached hydrogens (primary N) is 1. The van der Waals surface area contributed by atoms with E-state index in [0.29, 0.717) is 10.0 Å². The van der Waals surface area contributed by atoms with E-state index in [1.54, 1.807) is 0 Å². The average Bonchev–Trinajstić information content (AvgIpc) is 2.10. The molecule has 0 aliphatic carbocycles. The van der Waals surface area contributed by atoms with E-state index in [4.69, 9.17) is 28.9 Å². The van der Waals surface area contributed by atoms with Crippen molar-refractivity contribution in [2.24, 2.45) is 5.73 Å². The lowest BCUT2D eigenvalue weighted by molar-refractivity contribution is 0.310. The highest BCUT2D eigenvalue weighted by atomic mass is 35.5. The van der Waals surface area contributed by atoms with Crippen LogP contribution >= 0.6 is 35.6 Å². The molecule has 0 aliphatic heterocycles. The fourth-order valence-corrected chi connectivity index (χ4v) is 2.03. The second kappa shape index (κ2) is 7.36. The Kier molecular flexibility index (Phi) is 7.36. The summed E-state index contributed by atoms with van der Waals surface area (Å²) >= 11 is 12.1. The molecule has 0 saturated carbocycles. The van der Waals surface area contributed by atoms with E-state index in [1.807, 2.05) is 32.2 Å². The topological polar surface area (TPSA) is 29.3 Å². The number of likely N-dealkylation sites (N-methyl/N-ethyl adjacent to an activating group) is 1. The van der Waals surface area contributed by atoms with E-state index in [9.17, 15) is 0 Å². The van der Waals surface area contributed by atoms with Crippen LogP contribution in [-0.4, -0.2) is 24.5 Å². The lowest BCUT2D eigenvalue weighted by Crippen LogP contribution is -2.32. The smallest absolute Gasteiger partial charge is 0.0465 e. The summed E-state index contributed by atoms with van der Waals surface area (Å²) in [6.45, 7) is 3.52. The molecule has 16 heavy (non-hydrogen) atoms. The number of halogens is 3. The van der Waals surface area contributed by atoms with Crippen LogP contribution in [0.2, 0.25) is 10.0 Å². The highest BCUT2D eigenvalue weighted by Crippen LogP contribution is 2.25. The minimum Gasteiger partial charge on any atom is -0.327 e. The van der Waals surface area contributed by atoms with Crippen molar-refractivity contribution in [1.82, 2.24) is 4.90 Å². The molecule has 0 amide bonds. The van der Waals surface area contributed by atoms with E-state index in [0.717, 1.165) is 18.7 Å². The van der Waals surface area contributed by atoms with Gasteiger partial charge in [0.15, 0.2) is 0 Å². The Hall–Kier alpha value is 0.01000. The van der Waals surface area contributed by atoms with E-state index in [2.05, 4.69) is 4.90 Å². The molecule has 0 spiro atoms. The predicted octanol–water partition coefficient (Wildman–Crippen LogP) is 3.19. The van der Waals surface area contributed by atoms with Crippen molar-refractivity contribution in [2.45, 2.75) is 19.5 Å². The molecule has 0 aromatic heterocycles. The Labute approximate surface area is 113 Å². The summed E-state index contributed by atoms with van der Waals surface area (Å²) in [6.07, 6.45) is 0. The lowest BCUT2D eigenvalue weighted by atomic mass is 10.2. The summed E-state index contributed by atoms with van der Waals surface area (Å²) in [6, 6.07) is 5.70. The number of benzene rings is 1. The van der Waals surface area contributed by atoms with Gasteiger partial charge in [0.25, 0.3) is 0 Å². The zero-order chi connectivity index (χ0) is 11.4. The largest absolute Gasteiger partial charge is 0.327 e. The lowest BCUT2D eigenvalue weighted by Gasteiger charge is -2.20. The normalized spacial score (nSPS) is 12.4. The SMILES string of the molecule is CC(N)CN(C)Cc1c(Cl)cccc1Cl.Cl. The maximum absolute atomic E-state index is 6.07. The van der Waals surface area contributed by atoms with E-state index < -0.39 is 0 Å². The summed E-state index contributed by atoms with van der Waals surface area (Å²) < 4.78 is 0. The second-order valence-electron chi connectivity index (χ2n) is 3.87. The molecular formula is C11H17Cl3N2. The molecule has 1 rings (SSSR count). The Bertz CT molecular complexity index is 309. The molecule has 1 aromatic rings. The first-order valence-corrected chi connectivity index (χ1v) is 5.63. The van der Waals surface area contributed by atoms with Crippen LogP contribution in [0.15, 0.2) is 18.2 Å². The Morgan fingerprint density at radius 3 is 2.25 bits per heavy atom. The summed E-state index contributed by atoms with van der Waals surface area (Å²) in [5.74, 6) is 0. The minimum atomic E-state index is 0. The Balaban J connectivity index is 0.00000225. The molecule has 1 aromatic carbocycles. The number of rotatable bonds is 4. The molecule has 0 radical (unpaired) electrons. The van der Waals surface area contributed by atoms with Crippen LogP contribution in [0.1, 0.15) is 12.5 Å². The third kappa shape index (κ3) is 4.89. The zero-order valence-corrected chi connectivity index (χ0v) is 11.7. The minimum absolute atomic E-state index is 0. The first-order valence-electron chi connectivity index (χ1n) is 4.87. The van der Waals surface area contributed by atoms with Gasteiger partial charge >= 0.3 is 0 Å². The summed E-state index contributed by atoms with van der Waals surface area (Å²) in [5.41, 5.74) is 6.68. The molecule has 2 N–H and O–H groups in total. The standard InChI is InChI=1S/C11H16Cl2N2.ClH/c1-8(14)6-15(2)7-9-10(12)4-3-5-11(9)13;/h3-5,8H,6-7,14H2,1-2H3;1H. The summed E-state index contributed by atoms with van der Waals surface area (Å²) in [4.78, 5) is 2.11. The molecule has 0 fully saturated rings. The van der Waals surface area contributed by atoms with Gasteiger partial charge in [0.05, 0.1) is 0 Å². The van der Waals surface area contributed by atoms with Gasteiger partial charge < -0.3 is 10.6 Å². The maximum Gasteiger partial charge on any atom is 0.0465 e. The number of hydrogen-bond donors (Lipinski definition) is 1. The molecule has 1 atom stereocenters. The summed E-state index contributed by atoms with van der Waals surface area (Å²) in [7, 11) is 2.00. The van der Waals surface area contributed by atoms with Crippen molar-refractivity contribution >= 4 is 35.6 Å². The van der Waals surface area contributed by atoms with Crippen LogP contribution in [0, 0.1) is 0 Å². The number of hydrogen-bond acceptors (Lipinski definition) is 2. The van der Waals surface area contributed by atoms with Crippen LogP contribution in [-0.2, 0) is 6.54 Å². The van der Waals surface area contributed by atoms with E-state index in [-0.39, 0.29) is 18.4 Å². The molecule has 0 bridgehead atoms. The molecule has 0 saturated heterocycles. The van der Waals surface area contributed by atoms with Gasteiger partial charge in [0.2, 0.25) is 0 Å². The van der Waals surface area contributed by atoms with E-state index in [1.165, 1.54) is 0 Å². The van der Waals surface area contributed by atoms with Gasteiger partial charge in [-0.05, 0) is 26.1 Å². The predicted molar refractivity (Wildman–Crippen MR) is 73.7 cm³/mol. The summed E-state index contributed by atoms with van der Waals surface area (Å²) in [5, 5.41) is 1.41. The first-order chi connectivity index (χ1) is 7.00. The third-order valence-corrected chi connectivity index (χ3v) is 2.80. The third-order valence-electron chi connectivity index (χ3n) is 2.09. The monoisotopic (exact) mass is 282 g/mol. The van der Waals surface area contributed by atoms with Gasteiger partial charge in [-0.15, -0.1) is 12.4 Å². The molecule has 1 unspecified atom stereocenters. The zero-order valence-electron chi connectivity index (χ0n) is 9.41. The van der Waals surface area contributed by atoms with Crippen molar-refractivity contribution in [3.05, 3.63) is 33.8 Å². The molecule has 0 aliphatic rings. The number of nitrogens with zero attached hydrogens (tertiary/aromatic N) is 1. The van der Waals surface area contributed by atoms with Gasteiger partial charge in [0.1, 0.15) is 0 Å². The van der Waals surface area contributed by atoms with Gasteiger partial charge in [-0.3, -0.25) is 0 Å². The van der Waals surface area contributed by atoms with Crippen molar-refractivity contribution in [3.63, 3.8) is 0 Å². The van der Waals surface area contributed by atoms with Crippen molar-refractivity contribution < 1.29 is 0 Å². The average molecular weight is 284 g/mol. The van der Waals surface area contributed by atoms with Gasteiger partial charge in [-0.25, -0.2) is 0 Å².